The van der Waals surface area contributed by atoms with Gasteiger partial charge in [-0.3, -0.25) is 0 Å². The van der Waals surface area contributed by atoms with Crippen LogP contribution in [0, 0.1) is 20.8 Å². The zero-order valence-corrected chi connectivity index (χ0v) is 13.4. The molecular formula is C17H23N3O. The highest BCUT2D eigenvalue weighted by Crippen LogP contribution is 2.33. The van der Waals surface area contributed by atoms with Crippen LogP contribution in [-0.2, 0) is 0 Å². The Morgan fingerprint density at radius 2 is 2.00 bits per heavy atom. The number of nitrogens with one attached hydrogen (secondary N) is 1. The van der Waals surface area contributed by atoms with Crippen molar-refractivity contribution >= 4 is 0 Å². The van der Waals surface area contributed by atoms with E-state index in [1.54, 1.807) is 13.3 Å². The summed E-state index contributed by atoms with van der Waals surface area (Å²) in [5, 5.41) is 3.51. The van der Waals surface area contributed by atoms with Crippen LogP contribution in [0.4, 0.5) is 0 Å². The Hall–Kier alpha value is -1.94. The third-order valence-electron chi connectivity index (χ3n) is 3.50. The molecule has 1 N–H and O–H groups in total. The summed E-state index contributed by atoms with van der Waals surface area (Å²) in [5.74, 6) is 1.67. The van der Waals surface area contributed by atoms with Crippen LogP contribution in [0.25, 0.3) is 0 Å². The summed E-state index contributed by atoms with van der Waals surface area (Å²) in [6, 6.07) is 6.21. The second kappa shape index (κ2) is 6.68. The largest absolute Gasteiger partial charge is 0.496 e. The van der Waals surface area contributed by atoms with E-state index in [1.165, 1.54) is 11.1 Å². The van der Waals surface area contributed by atoms with Gasteiger partial charge in [-0.05, 0) is 50.6 Å². The lowest BCUT2D eigenvalue weighted by Crippen LogP contribution is -2.24. The number of aromatic nitrogens is 2. The lowest BCUT2D eigenvalue weighted by atomic mass is 9.95. The second-order valence-electron chi connectivity index (χ2n) is 5.22. The molecule has 4 nitrogen and oxygen atoms in total. The fourth-order valence-corrected chi connectivity index (χ4v) is 2.67. The van der Waals surface area contributed by atoms with Crippen molar-refractivity contribution < 1.29 is 4.74 Å². The van der Waals surface area contributed by atoms with E-state index in [-0.39, 0.29) is 6.04 Å². The molecule has 0 aliphatic carbocycles. The molecule has 0 amide bonds. The van der Waals surface area contributed by atoms with Crippen LogP contribution in [0.5, 0.6) is 5.75 Å². The van der Waals surface area contributed by atoms with Gasteiger partial charge >= 0.3 is 0 Å². The molecule has 2 aromatic rings. The van der Waals surface area contributed by atoms with Crippen LogP contribution in [-0.4, -0.2) is 23.6 Å². The van der Waals surface area contributed by atoms with Gasteiger partial charge in [-0.1, -0.05) is 13.0 Å². The van der Waals surface area contributed by atoms with Gasteiger partial charge in [0.1, 0.15) is 11.6 Å². The third kappa shape index (κ3) is 3.39. The molecule has 1 unspecified atom stereocenters. The summed E-state index contributed by atoms with van der Waals surface area (Å²) >= 11 is 0. The van der Waals surface area contributed by atoms with E-state index in [4.69, 9.17) is 4.74 Å². The van der Waals surface area contributed by atoms with E-state index < -0.39 is 0 Å². The van der Waals surface area contributed by atoms with Crippen LogP contribution in [0.2, 0.25) is 0 Å². The first-order chi connectivity index (χ1) is 10.1. The van der Waals surface area contributed by atoms with Gasteiger partial charge in [-0.25, -0.2) is 9.97 Å². The van der Waals surface area contributed by atoms with Gasteiger partial charge in [-0.2, -0.15) is 0 Å². The molecule has 112 valence electrons. The molecule has 0 bridgehead atoms. The summed E-state index contributed by atoms with van der Waals surface area (Å²) < 4.78 is 5.60. The van der Waals surface area contributed by atoms with Crippen molar-refractivity contribution in [3.63, 3.8) is 0 Å². The number of hydrogen-bond acceptors (Lipinski definition) is 4. The smallest absolute Gasteiger partial charge is 0.125 e. The zero-order valence-electron chi connectivity index (χ0n) is 13.4. The molecule has 0 saturated carbocycles. The minimum Gasteiger partial charge on any atom is -0.496 e. The predicted octanol–water partition coefficient (Wildman–Crippen LogP) is 3.11. The molecule has 0 spiro atoms. The maximum atomic E-state index is 5.60. The zero-order chi connectivity index (χ0) is 15.4. The highest BCUT2D eigenvalue weighted by molar-refractivity contribution is 5.47. The summed E-state index contributed by atoms with van der Waals surface area (Å²) in [7, 11) is 1.71. The van der Waals surface area contributed by atoms with E-state index in [0.29, 0.717) is 0 Å². The first kappa shape index (κ1) is 15.4. The van der Waals surface area contributed by atoms with Crippen molar-refractivity contribution in [1.82, 2.24) is 15.3 Å². The van der Waals surface area contributed by atoms with Crippen molar-refractivity contribution in [3.8, 4) is 5.75 Å². The molecule has 1 aromatic heterocycles. The Bertz CT molecular complexity index is 625. The predicted molar refractivity (Wildman–Crippen MR) is 84.8 cm³/mol. The van der Waals surface area contributed by atoms with E-state index in [9.17, 15) is 0 Å². The topological polar surface area (TPSA) is 47.0 Å². The van der Waals surface area contributed by atoms with Crippen molar-refractivity contribution in [3.05, 3.63) is 52.6 Å². The summed E-state index contributed by atoms with van der Waals surface area (Å²) in [6.07, 6.45) is 1.80. The lowest BCUT2D eigenvalue weighted by molar-refractivity contribution is 0.402. The molecular weight excluding hydrogens is 262 g/mol. The quantitative estimate of drug-likeness (QED) is 0.917. The molecule has 0 radical (unpaired) electrons. The Balaban J connectivity index is 2.58. The average molecular weight is 285 g/mol. The maximum absolute atomic E-state index is 5.60. The van der Waals surface area contributed by atoms with Crippen molar-refractivity contribution in [2.75, 3.05) is 13.7 Å². The highest BCUT2D eigenvalue weighted by atomic mass is 16.5. The fraction of sp³-hybridized carbons (Fsp3) is 0.412. The standard InChI is InChI=1S/C17H23N3O/c1-6-18-17(14-7-8-19-13(4)20-14)16-12(3)9-11(2)10-15(16)21-5/h7-10,17-18H,6H2,1-5H3. The normalized spacial score (nSPS) is 12.2. The molecule has 2 rings (SSSR count). The third-order valence-corrected chi connectivity index (χ3v) is 3.50. The molecule has 0 saturated heterocycles. The minimum absolute atomic E-state index is 0.00671. The average Bonchev–Trinajstić information content (AvgIpc) is 2.44. The Kier molecular flexibility index (Phi) is 4.91. The van der Waals surface area contributed by atoms with E-state index in [1.807, 2.05) is 13.0 Å². The van der Waals surface area contributed by atoms with Crippen molar-refractivity contribution in [2.24, 2.45) is 0 Å². The van der Waals surface area contributed by atoms with Gasteiger partial charge in [0.2, 0.25) is 0 Å². The number of benzene rings is 1. The van der Waals surface area contributed by atoms with Crippen LogP contribution in [0.15, 0.2) is 24.4 Å². The number of rotatable bonds is 5. The number of ether oxygens (including phenoxy) is 1. The van der Waals surface area contributed by atoms with Gasteiger partial charge in [0.15, 0.2) is 0 Å². The lowest BCUT2D eigenvalue weighted by Gasteiger charge is -2.23. The molecule has 1 aromatic carbocycles. The number of hydrogen-bond donors (Lipinski definition) is 1. The molecule has 0 aliphatic heterocycles. The summed E-state index contributed by atoms with van der Waals surface area (Å²) in [6.45, 7) is 9.05. The Morgan fingerprint density at radius 1 is 1.24 bits per heavy atom. The summed E-state index contributed by atoms with van der Waals surface area (Å²) in [4.78, 5) is 8.76. The van der Waals surface area contributed by atoms with Gasteiger partial charge in [-0.15, -0.1) is 0 Å². The molecule has 21 heavy (non-hydrogen) atoms. The number of methoxy groups -OCH3 is 1. The monoisotopic (exact) mass is 285 g/mol. The van der Waals surface area contributed by atoms with E-state index in [0.717, 1.165) is 29.4 Å². The molecule has 1 atom stereocenters. The van der Waals surface area contributed by atoms with Gasteiger partial charge in [0.05, 0.1) is 18.8 Å². The first-order valence-corrected chi connectivity index (χ1v) is 7.24. The Labute approximate surface area is 126 Å². The van der Waals surface area contributed by atoms with E-state index in [2.05, 4.69) is 48.2 Å². The second-order valence-corrected chi connectivity index (χ2v) is 5.22. The van der Waals surface area contributed by atoms with E-state index >= 15 is 0 Å². The fourth-order valence-electron chi connectivity index (χ4n) is 2.67. The maximum Gasteiger partial charge on any atom is 0.125 e. The SMILES string of the molecule is CCNC(c1ccnc(C)n1)c1c(C)cc(C)cc1OC. The number of nitrogens with zero attached hydrogens (tertiary/aromatic N) is 2. The first-order valence-electron chi connectivity index (χ1n) is 7.24. The molecule has 4 heteroatoms. The van der Waals surface area contributed by atoms with Crippen LogP contribution >= 0.6 is 0 Å². The van der Waals surface area contributed by atoms with Gasteiger partial charge in [0.25, 0.3) is 0 Å². The van der Waals surface area contributed by atoms with Gasteiger partial charge < -0.3 is 10.1 Å². The van der Waals surface area contributed by atoms with Gasteiger partial charge in [0, 0.05) is 11.8 Å². The van der Waals surface area contributed by atoms with Crippen molar-refractivity contribution in [1.29, 1.82) is 0 Å². The van der Waals surface area contributed by atoms with Crippen LogP contribution in [0.1, 0.15) is 41.2 Å². The van der Waals surface area contributed by atoms with Crippen LogP contribution < -0.4 is 10.1 Å². The van der Waals surface area contributed by atoms with Crippen molar-refractivity contribution in [2.45, 2.75) is 33.7 Å². The van der Waals surface area contributed by atoms with Crippen LogP contribution in [0.3, 0.4) is 0 Å². The molecule has 0 fully saturated rings. The molecule has 0 aliphatic rings. The Morgan fingerprint density at radius 3 is 2.62 bits per heavy atom. The highest BCUT2D eigenvalue weighted by Gasteiger charge is 2.21. The minimum atomic E-state index is 0.00671. The summed E-state index contributed by atoms with van der Waals surface area (Å²) in [5.41, 5.74) is 4.51. The molecule has 1 heterocycles. The number of aryl methyl sites for hydroxylation is 3.